The van der Waals surface area contributed by atoms with Gasteiger partial charge in [-0.1, -0.05) is 53.5 Å². The van der Waals surface area contributed by atoms with E-state index >= 15 is 0 Å². The maximum absolute atomic E-state index is 13.0. The zero-order chi connectivity index (χ0) is 24.9. The van der Waals surface area contributed by atoms with E-state index in [1.807, 2.05) is 11.4 Å². The van der Waals surface area contributed by atoms with Gasteiger partial charge in [0.2, 0.25) is 10.0 Å². The number of halogens is 2. The van der Waals surface area contributed by atoms with Crippen LogP contribution in [-0.4, -0.2) is 61.0 Å². The number of esters is 1. The Morgan fingerprint density at radius 3 is 2.47 bits per heavy atom. The minimum Gasteiger partial charge on any atom is -0.454 e. The number of aliphatic hydroxyl groups excluding tert-OH is 1. The molecule has 1 aliphatic heterocycles. The van der Waals surface area contributed by atoms with Crippen LogP contribution in [0, 0.1) is 0 Å². The first-order valence-corrected chi connectivity index (χ1v) is 12.2. The fourth-order valence-electron chi connectivity index (χ4n) is 3.25. The molecule has 13 heteroatoms. The molecule has 34 heavy (non-hydrogen) atoms. The van der Waals surface area contributed by atoms with E-state index in [4.69, 9.17) is 27.9 Å². The van der Waals surface area contributed by atoms with Crippen LogP contribution in [0.2, 0.25) is 10.0 Å². The third-order valence-electron chi connectivity index (χ3n) is 4.90. The minimum absolute atomic E-state index is 0.00354. The minimum atomic E-state index is -4.23. The number of hydrogen-bond acceptors (Lipinski definition) is 7. The monoisotopic (exact) mass is 529 g/mol. The number of ether oxygens (including phenoxy) is 1. The summed E-state index contributed by atoms with van der Waals surface area (Å²) in [5.41, 5.74) is 0.819. The Labute approximate surface area is 205 Å². The van der Waals surface area contributed by atoms with Crippen molar-refractivity contribution in [2.75, 3.05) is 13.2 Å². The SMILES string of the molecule is O=C(COC(=O)[C@@H]1C[C@@H](O)CN1S(=O)(=O)c1ccc(Cl)c(Cl)c1)NC(=O)NCc1ccccc1. The van der Waals surface area contributed by atoms with Gasteiger partial charge in [0.05, 0.1) is 21.0 Å². The highest BCUT2D eigenvalue weighted by Gasteiger charge is 2.44. The molecule has 0 aromatic heterocycles. The number of carbonyl (C=O) groups is 3. The Morgan fingerprint density at radius 1 is 1.09 bits per heavy atom. The van der Waals surface area contributed by atoms with Crippen molar-refractivity contribution >= 4 is 51.1 Å². The molecule has 1 aliphatic rings. The third-order valence-corrected chi connectivity index (χ3v) is 7.51. The first kappa shape index (κ1) is 25.9. The van der Waals surface area contributed by atoms with Crippen molar-refractivity contribution < 1.29 is 32.6 Å². The number of sulfonamides is 1. The smallest absolute Gasteiger partial charge is 0.325 e. The highest BCUT2D eigenvalue weighted by Crippen LogP contribution is 2.30. The average molecular weight is 530 g/mol. The van der Waals surface area contributed by atoms with Crippen LogP contribution in [0.25, 0.3) is 0 Å². The molecule has 0 saturated carbocycles. The number of amides is 3. The van der Waals surface area contributed by atoms with Crippen molar-refractivity contribution in [3.8, 4) is 0 Å². The highest BCUT2D eigenvalue weighted by atomic mass is 35.5. The van der Waals surface area contributed by atoms with Crippen LogP contribution in [0.15, 0.2) is 53.4 Å². The van der Waals surface area contributed by atoms with Gasteiger partial charge in [-0.25, -0.2) is 13.2 Å². The fraction of sp³-hybridized carbons (Fsp3) is 0.286. The number of urea groups is 1. The normalized spacial score (nSPS) is 18.3. The molecule has 1 saturated heterocycles. The topological polar surface area (TPSA) is 142 Å². The summed E-state index contributed by atoms with van der Waals surface area (Å²) in [6.07, 6.45) is -1.34. The van der Waals surface area contributed by atoms with Crippen LogP contribution in [0.5, 0.6) is 0 Å². The first-order valence-electron chi connectivity index (χ1n) is 10.0. The Balaban J connectivity index is 1.57. The zero-order valence-corrected chi connectivity index (χ0v) is 19.9. The standard InChI is InChI=1S/C21H21Cl2N3O7S/c22-16-7-6-15(9-17(16)23)34(31,32)26-11-14(27)8-18(26)20(29)33-12-19(28)25-21(30)24-10-13-4-2-1-3-5-13/h1-7,9,14,18,27H,8,10-12H2,(H2,24,25,28,30)/t14-,18+/m1/s1. The Kier molecular flexibility index (Phi) is 8.50. The molecule has 0 radical (unpaired) electrons. The van der Waals surface area contributed by atoms with Crippen molar-refractivity contribution in [1.82, 2.24) is 14.9 Å². The van der Waals surface area contributed by atoms with Gasteiger partial charge in [0, 0.05) is 19.5 Å². The number of carbonyl (C=O) groups excluding carboxylic acids is 3. The molecule has 2 aromatic rings. The summed E-state index contributed by atoms with van der Waals surface area (Å²) in [5, 5.41) is 14.6. The lowest BCUT2D eigenvalue weighted by molar-refractivity contribution is -0.151. The largest absolute Gasteiger partial charge is 0.454 e. The third kappa shape index (κ3) is 6.45. The van der Waals surface area contributed by atoms with Crippen LogP contribution >= 0.6 is 23.2 Å². The van der Waals surface area contributed by atoms with Crippen LogP contribution in [-0.2, 0) is 30.9 Å². The van der Waals surface area contributed by atoms with E-state index in [1.54, 1.807) is 24.3 Å². The molecule has 2 aromatic carbocycles. The van der Waals surface area contributed by atoms with Gasteiger partial charge in [0.15, 0.2) is 6.61 Å². The second-order valence-corrected chi connectivity index (χ2v) is 10.1. The summed E-state index contributed by atoms with van der Waals surface area (Å²) in [6, 6.07) is 10.5. The van der Waals surface area contributed by atoms with E-state index in [-0.39, 0.29) is 34.5 Å². The van der Waals surface area contributed by atoms with Gasteiger partial charge in [-0.2, -0.15) is 4.31 Å². The van der Waals surface area contributed by atoms with E-state index in [1.165, 1.54) is 12.1 Å². The number of hydrogen-bond donors (Lipinski definition) is 3. The Hall–Kier alpha value is -2.70. The van der Waals surface area contributed by atoms with Gasteiger partial charge in [0.1, 0.15) is 6.04 Å². The molecule has 3 N–H and O–H groups in total. The maximum atomic E-state index is 13.0. The second-order valence-electron chi connectivity index (χ2n) is 7.38. The molecule has 0 spiro atoms. The quantitative estimate of drug-likeness (QED) is 0.463. The Morgan fingerprint density at radius 2 is 1.79 bits per heavy atom. The van der Waals surface area contributed by atoms with Gasteiger partial charge in [-0.3, -0.25) is 14.9 Å². The summed E-state index contributed by atoms with van der Waals surface area (Å²) < 4.78 is 31.7. The molecule has 0 aliphatic carbocycles. The number of nitrogens with one attached hydrogen (secondary N) is 2. The molecule has 10 nitrogen and oxygen atoms in total. The number of β-amino-alcohol motifs (C(OH)–C–C–N with tert-alkyl or cyclic N) is 1. The van der Waals surface area contributed by atoms with Gasteiger partial charge in [-0.05, 0) is 23.8 Å². The number of nitrogens with zero attached hydrogens (tertiary/aromatic N) is 1. The molecule has 0 bridgehead atoms. The van der Waals surface area contributed by atoms with E-state index < -0.39 is 46.7 Å². The summed E-state index contributed by atoms with van der Waals surface area (Å²) in [5.74, 6) is -1.95. The predicted octanol–water partition coefficient (Wildman–Crippen LogP) is 1.69. The van der Waals surface area contributed by atoms with Gasteiger partial charge in [0.25, 0.3) is 5.91 Å². The molecule has 182 valence electrons. The summed E-state index contributed by atoms with van der Waals surface area (Å²) in [6.45, 7) is -0.984. The van der Waals surface area contributed by atoms with Crippen LogP contribution in [0.4, 0.5) is 4.79 Å². The Bertz CT molecular complexity index is 1180. The lowest BCUT2D eigenvalue weighted by atomic mass is 10.2. The molecule has 1 fully saturated rings. The van der Waals surface area contributed by atoms with Crippen LogP contribution in [0.3, 0.4) is 0 Å². The number of benzene rings is 2. The molecular formula is C21H21Cl2N3O7S. The molecule has 1 heterocycles. The second kappa shape index (κ2) is 11.2. The average Bonchev–Trinajstić information content (AvgIpc) is 3.21. The van der Waals surface area contributed by atoms with E-state index in [0.717, 1.165) is 15.9 Å². The summed E-state index contributed by atoms with van der Waals surface area (Å²) in [4.78, 5) is 36.1. The maximum Gasteiger partial charge on any atom is 0.325 e. The van der Waals surface area contributed by atoms with Crippen molar-refractivity contribution in [1.29, 1.82) is 0 Å². The van der Waals surface area contributed by atoms with Crippen molar-refractivity contribution in [2.45, 2.75) is 30.0 Å². The number of aliphatic hydroxyl groups is 1. The summed E-state index contributed by atoms with van der Waals surface area (Å²) in [7, 11) is -4.23. The van der Waals surface area contributed by atoms with Crippen molar-refractivity contribution in [3.05, 3.63) is 64.1 Å². The fourth-order valence-corrected chi connectivity index (χ4v) is 5.27. The first-order chi connectivity index (χ1) is 16.1. The predicted molar refractivity (Wildman–Crippen MR) is 123 cm³/mol. The molecular weight excluding hydrogens is 509 g/mol. The van der Waals surface area contributed by atoms with Gasteiger partial charge >= 0.3 is 12.0 Å². The highest BCUT2D eigenvalue weighted by molar-refractivity contribution is 7.89. The zero-order valence-electron chi connectivity index (χ0n) is 17.6. The van der Waals surface area contributed by atoms with E-state index in [0.29, 0.717) is 0 Å². The van der Waals surface area contributed by atoms with E-state index in [9.17, 15) is 27.9 Å². The number of rotatable bonds is 7. The summed E-state index contributed by atoms with van der Waals surface area (Å²) >= 11 is 11.7. The van der Waals surface area contributed by atoms with Crippen LogP contribution < -0.4 is 10.6 Å². The molecule has 3 amide bonds. The van der Waals surface area contributed by atoms with Gasteiger partial charge in [-0.15, -0.1) is 0 Å². The molecule has 0 unspecified atom stereocenters. The lowest BCUT2D eigenvalue weighted by Gasteiger charge is -2.22. The van der Waals surface area contributed by atoms with Gasteiger partial charge < -0.3 is 15.2 Å². The molecule has 2 atom stereocenters. The van der Waals surface area contributed by atoms with Crippen molar-refractivity contribution in [3.63, 3.8) is 0 Å². The van der Waals surface area contributed by atoms with Crippen LogP contribution in [0.1, 0.15) is 12.0 Å². The number of imide groups is 1. The molecule has 3 rings (SSSR count). The lowest BCUT2D eigenvalue weighted by Crippen LogP contribution is -2.44. The van der Waals surface area contributed by atoms with Crippen molar-refractivity contribution in [2.24, 2.45) is 0 Å². The van der Waals surface area contributed by atoms with E-state index in [2.05, 4.69) is 5.32 Å².